The van der Waals surface area contributed by atoms with Crippen molar-refractivity contribution in [1.29, 1.82) is 0 Å². The van der Waals surface area contributed by atoms with E-state index >= 15 is 0 Å². The lowest BCUT2D eigenvalue weighted by Crippen LogP contribution is -2.53. The molecule has 4 nitrogen and oxygen atoms in total. The molecule has 23 heavy (non-hydrogen) atoms. The monoisotopic (exact) mass is 326 g/mol. The molecule has 6 heteroatoms. The molecule has 1 atom stereocenters. The standard InChI is InChI=1S/C17H24F2N2O2/c1-13(2)21(12-16(18)19)17(22)15-11-20(8-9-23-15)10-14-6-4-3-5-7-14/h3-7,13,15-16H,8-12H2,1-2H3/t15-/m1/s1. The number of carbonyl (C=O) groups is 1. The van der Waals surface area contributed by atoms with Gasteiger partial charge in [-0.15, -0.1) is 0 Å². The fourth-order valence-corrected chi connectivity index (χ4v) is 2.73. The molecule has 1 aliphatic heterocycles. The van der Waals surface area contributed by atoms with Crippen molar-refractivity contribution in [2.75, 3.05) is 26.2 Å². The van der Waals surface area contributed by atoms with Gasteiger partial charge < -0.3 is 9.64 Å². The molecule has 2 rings (SSSR count). The van der Waals surface area contributed by atoms with E-state index in [1.807, 2.05) is 30.3 Å². The Hall–Kier alpha value is -1.53. The molecule has 1 aromatic rings. The molecule has 0 radical (unpaired) electrons. The molecule has 0 bridgehead atoms. The van der Waals surface area contributed by atoms with Crippen molar-refractivity contribution in [2.45, 2.75) is 39.0 Å². The molecule has 1 heterocycles. The van der Waals surface area contributed by atoms with Gasteiger partial charge in [0.2, 0.25) is 0 Å². The van der Waals surface area contributed by atoms with Gasteiger partial charge in [0, 0.05) is 25.7 Å². The fraction of sp³-hybridized carbons (Fsp3) is 0.588. The van der Waals surface area contributed by atoms with Crippen LogP contribution in [0.2, 0.25) is 0 Å². The summed E-state index contributed by atoms with van der Waals surface area (Å²) >= 11 is 0. The van der Waals surface area contributed by atoms with E-state index in [-0.39, 0.29) is 11.9 Å². The number of rotatable bonds is 6. The fourth-order valence-electron chi connectivity index (χ4n) is 2.73. The van der Waals surface area contributed by atoms with Gasteiger partial charge in [0.1, 0.15) is 6.10 Å². The molecule has 0 saturated carbocycles. The maximum absolute atomic E-state index is 12.7. The molecule has 1 fully saturated rings. The first-order valence-electron chi connectivity index (χ1n) is 7.94. The summed E-state index contributed by atoms with van der Waals surface area (Å²) in [5.74, 6) is -0.349. The van der Waals surface area contributed by atoms with Crippen molar-refractivity contribution in [3.63, 3.8) is 0 Å². The molecule has 0 N–H and O–H groups in total. The second kappa shape index (κ2) is 8.36. The number of nitrogens with zero attached hydrogens (tertiary/aromatic N) is 2. The quantitative estimate of drug-likeness (QED) is 0.805. The third-order valence-electron chi connectivity index (χ3n) is 3.92. The van der Waals surface area contributed by atoms with Crippen molar-refractivity contribution in [1.82, 2.24) is 9.80 Å². The van der Waals surface area contributed by atoms with Gasteiger partial charge >= 0.3 is 0 Å². The van der Waals surface area contributed by atoms with Crippen molar-refractivity contribution in [2.24, 2.45) is 0 Å². The van der Waals surface area contributed by atoms with E-state index in [0.717, 1.165) is 18.7 Å². The minimum Gasteiger partial charge on any atom is -0.366 e. The Morgan fingerprint density at radius 1 is 1.35 bits per heavy atom. The number of hydrogen-bond acceptors (Lipinski definition) is 3. The highest BCUT2D eigenvalue weighted by Gasteiger charge is 2.32. The Balaban J connectivity index is 1.97. The maximum Gasteiger partial charge on any atom is 0.255 e. The Morgan fingerprint density at radius 2 is 2.04 bits per heavy atom. The van der Waals surface area contributed by atoms with Crippen molar-refractivity contribution in [3.05, 3.63) is 35.9 Å². The van der Waals surface area contributed by atoms with E-state index in [1.165, 1.54) is 4.90 Å². The molecule has 0 aromatic heterocycles. The van der Waals surface area contributed by atoms with Gasteiger partial charge in [-0.25, -0.2) is 8.78 Å². The number of morpholine rings is 1. The van der Waals surface area contributed by atoms with E-state index in [9.17, 15) is 13.6 Å². The summed E-state index contributed by atoms with van der Waals surface area (Å²) in [5.41, 5.74) is 1.16. The van der Waals surface area contributed by atoms with Gasteiger partial charge in [0.05, 0.1) is 13.2 Å². The average molecular weight is 326 g/mol. The van der Waals surface area contributed by atoms with Crippen LogP contribution >= 0.6 is 0 Å². The van der Waals surface area contributed by atoms with E-state index in [0.29, 0.717) is 13.2 Å². The first-order valence-corrected chi connectivity index (χ1v) is 7.94. The van der Waals surface area contributed by atoms with Gasteiger partial charge in [-0.05, 0) is 19.4 Å². The van der Waals surface area contributed by atoms with Crippen molar-refractivity contribution >= 4 is 5.91 Å². The number of benzene rings is 1. The third-order valence-corrected chi connectivity index (χ3v) is 3.92. The molecule has 0 spiro atoms. The van der Waals surface area contributed by atoms with E-state index in [1.54, 1.807) is 13.8 Å². The van der Waals surface area contributed by atoms with Crippen LogP contribution in [-0.4, -0.2) is 60.5 Å². The van der Waals surface area contributed by atoms with Crippen LogP contribution in [0.5, 0.6) is 0 Å². The Morgan fingerprint density at radius 3 is 2.65 bits per heavy atom. The van der Waals surface area contributed by atoms with Crippen LogP contribution in [0.1, 0.15) is 19.4 Å². The van der Waals surface area contributed by atoms with E-state index < -0.39 is 19.1 Å². The first kappa shape index (κ1) is 17.8. The molecule has 1 amide bonds. The van der Waals surface area contributed by atoms with Crippen LogP contribution in [0.15, 0.2) is 30.3 Å². The zero-order valence-electron chi connectivity index (χ0n) is 13.6. The number of amides is 1. The van der Waals surface area contributed by atoms with Crippen LogP contribution in [-0.2, 0) is 16.1 Å². The lowest BCUT2D eigenvalue weighted by molar-refractivity contribution is -0.153. The molecule has 1 aliphatic rings. The number of carbonyl (C=O) groups excluding carboxylic acids is 1. The van der Waals surface area contributed by atoms with Gasteiger partial charge in [0.15, 0.2) is 0 Å². The minimum absolute atomic E-state index is 0.274. The molecular weight excluding hydrogens is 302 g/mol. The summed E-state index contributed by atoms with van der Waals surface area (Å²) in [6, 6.07) is 9.69. The van der Waals surface area contributed by atoms with Crippen LogP contribution in [0.3, 0.4) is 0 Å². The molecule has 1 aromatic carbocycles. The number of hydrogen-bond donors (Lipinski definition) is 0. The summed E-state index contributed by atoms with van der Waals surface area (Å²) in [6.07, 6.45) is -3.21. The van der Waals surface area contributed by atoms with Crippen LogP contribution in [0, 0.1) is 0 Å². The SMILES string of the molecule is CC(C)N(CC(F)F)C(=O)[C@H]1CN(Cc2ccccc2)CCO1. The summed E-state index contributed by atoms with van der Waals surface area (Å²) < 4.78 is 30.9. The summed E-state index contributed by atoms with van der Waals surface area (Å²) in [6.45, 7) is 5.26. The Labute approximate surface area is 136 Å². The molecule has 0 aliphatic carbocycles. The third kappa shape index (κ3) is 5.25. The molecule has 0 unspecified atom stereocenters. The highest BCUT2D eigenvalue weighted by atomic mass is 19.3. The summed E-state index contributed by atoms with van der Waals surface area (Å²) in [4.78, 5) is 15.9. The molecular formula is C17H24F2N2O2. The normalized spacial score (nSPS) is 19.3. The molecule has 128 valence electrons. The van der Waals surface area contributed by atoms with Gasteiger partial charge in [-0.3, -0.25) is 9.69 Å². The van der Waals surface area contributed by atoms with Crippen molar-refractivity contribution in [3.8, 4) is 0 Å². The lowest BCUT2D eigenvalue weighted by Gasteiger charge is -2.36. The zero-order valence-corrected chi connectivity index (χ0v) is 13.6. The first-order chi connectivity index (χ1) is 11.0. The lowest BCUT2D eigenvalue weighted by atomic mass is 10.1. The maximum atomic E-state index is 12.7. The Kier molecular flexibility index (Phi) is 6.47. The predicted octanol–water partition coefficient (Wildman–Crippen LogP) is 2.39. The second-order valence-electron chi connectivity index (χ2n) is 6.06. The zero-order chi connectivity index (χ0) is 16.8. The summed E-state index contributed by atoms with van der Waals surface area (Å²) in [5, 5.41) is 0. The number of halogens is 2. The summed E-state index contributed by atoms with van der Waals surface area (Å²) in [7, 11) is 0. The van der Waals surface area contributed by atoms with Crippen molar-refractivity contribution < 1.29 is 18.3 Å². The minimum atomic E-state index is -2.54. The van der Waals surface area contributed by atoms with Gasteiger partial charge in [0.25, 0.3) is 12.3 Å². The van der Waals surface area contributed by atoms with E-state index in [4.69, 9.17) is 4.74 Å². The molecule has 1 saturated heterocycles. The number of alkyl halides is 2. The second-order valence-corrected chi connectivity index (χ2v) is 6.06. The highest BCUT2D eigenvalue weighted by molar-refractivity contribution is 5.81. The average Bonchev–Trinajstić information content (AvgIpc) is 2.53. The highest BCUT2D eigenvalue weighted by Crippen LogP contribution is 2.14. The topological polar surface area (TPSA) is 32.8 Å². The van der Waals surface area contributed by atoms with E-state index in [2.05, 4.69) is 4.90 Å². The van der Waals surface area contributed by atoms with Crippen LogP contribution in [0.4, 0.5) is 8.78 Å². The predicted molar refractivity (Wildman–Crippen MR) is 84.3 cm³/mol. The van der Waals surface area contributed by atoms with Gasteiger partial charge in [-0.1, -0.05) is 30.3 Å². The smallest absolute Gasteiger partial charge is 0.255 e. The van der Waals surface area contributed by atoms with Crippen LogP contribution in [0.25, 0.3) is 0 Å². The Bertz CT molecular complexity index is 497. The van der Waals surface area contributed by atoms with Gasteiger partial charge in [-0.2, -0.15) is 0 Å². The largest absolute Gasteiger partial charge is 0.366 e. The number of ether oxygens (including phenoxy) is 1. The van der Waals surface area contributed by atoms with Crippen LogP contribution < -0.4 is 0 Å².